The van der Waals surface area contributed by atoms with E-state index in [1.165, 1.54) is 5.56 Å². The number of pyridine rings is 1. The minimum Gasteiger partial charge on any atom is -0.500 e. The molecule has 0 bridgehead atoms. The van der Waals surface area contributed by atoms with Crippen LogP contribution in [0, 0.1) is 18.8 Å². The molecule has 0 saturated carbocycles. The molecule has 318 valence electrons. The Morgan fingerprint density at radius 1 is 0.569 bits per heavy atom. The summed E-state index contributed by atoms with van der Waals surface area (Å²) in [5.74, 6) is 0.864. The molecule has 0 radical (unpaired) electrons. The molecule has 4 heterocycles. The number of aromatic nitrogens is 4. The van der Waals surface area contributed by atoms with Crippen molar-refractivity contribution < 1.29 is 21.1 Å². The zero-order chi connectivity index (χ0) is 43.2. The third-order valence-corrected chi connectivity index (χ3v) is 12.1. The van der Waals surface area contributed by atoms with Crippen molar-refractivity contribution in [3.05, 3.63) is 231 Å². The maximum atomic E-state index is 5.58. The molecule has 0 fully saturated rings. The topological polar surface area (TPSA) is 42.1 Å². The van der Waals surface area contributed by atoms with E-state index < -0.39 is 0 Å². The fourth-order valence-electron chi connectivity index (χ4n) is 8.99. The van der Waals surface area contributed by atoms with Crippen LogP contribution in [0.3, 0.4) is 0 Å². The first-order chi connectivity index (χ1) is 31.4. The van der Waals surface area contributed by atoms with Crippen LogP contribution in [0.4, 0.5) is 11.4 Å². The first-order valence-corrected chi connectivity index (χ1v) is 21.8. The molecular weight excluding hydrogens is 975 g/mol. The van der Waals surface area contributed by atoms with E-state index in [2.05, 4.69) is 253 Å². The molecule has 11 rings (SSSR count). The summed E-state index contributed by atoms with van der Waals surface area (Å²) in [5.41, 5.74) is 13.2. The standard InChI is InChI=1S/C57H44BN6.Pt/c1-57(2,3)43-33-34-59-53(37-43)63-51-30-17-16-29-49(51)50-32-31-45(39-52(50)63)58(44-23-18-28-48(38-44)62-36-35-61(40-62)46-24-12-6-13-25-46)54-55(41-19-8-4-9-20-41)60-64(47-26-14-7-15-27-47)56(54)42-21-10-5-11-22-42;/h4-37,40H,1-3H3;/q-3;. The molecule has 1 aliphatic heterocycles. The molecule has 0 spiro atoms. The molecule has 0 saturated heterocycles. The van der Waals surface area contributed by atoms with E-state index in [1.807, 2.05) is 12.3 Å². The molecular formula is C57H44BN6Pt-3. The molecule has 0 N–H and O–H groups in total. The van der Waals surface area contributed by atoms with Gasteiger partial charge in [0.25, 0.3) is 0 Å². The molecule has 7 aromatic carbocycles. The van der Waals surface area contributed by atoms with E-state index in [-0.39, 0.29) is 33.2 Å². The second-order valence-corrected chi connectivity index (χ2v) is 17.3. The molecule has 0 aliphatic carbocycles. The summed E-state index contributed by atoms with van der Waals surface area (Å²) in [7, 11) is 0. The SMILES string of the molecule is CC(C)(C)c1ccnc(-n2c3[c-]c(B(c4[c-]c(N5C=CN(c6ccccc6)[CH-]5)ccc4)c4c(-c5ccccc5)nn(-c5ccccc5)c4-c4ccccc4)ccc3c3ccccc32)c1.[Pt]. The van der Waals surface area contributed by atoms with Gasteiger partial charge in [0.1, 0.15) is 5.82 Å². The van der Waals surface area contributed by atoms with Gasteiger partial charge in [-0.15, -0.1) is 17.7 Å². The van der Waals surface area contributed by atoms with Crippen molar-refractivity contribution in [2.24, 2.45) is 0 Å². The van der Waals surface area contributed by atoms with Gasteiger partial charge >= 0.3 is 0 Å². The molecule has 1 aliphatic rings. The van der Waals surface area contributed by atoms with Gasteiger partial charge in [0.15, 0.2) is 6.71 Å². The van der Waals surface area contributed by atoms with E-state index in [9.17, 15) is 0 Å². The maximum Gasteiger partial charge on any atom is 0.197 e. The molecule has 0 atom stereocenters. The van der Waals surface area contributed by atoms with E-state index in [0.717, 1.165) is 83.6 Å². The van der Waals surface area contributed by atoms with Crippen molar-refractivity contribution in [3.63, 3.8) is 0 Å². The van der Waals surface area contributed by atoms with Crippen LogP contribution >= 0.6 is 0 Å². The summed E-state index contributed by atoms with van der Waals surface area (Å²) in [5, 5.41) is 7.84. The second kappa shape index (κ2) is 17.4. The molecule has 6 nitrogen and oxygen atoms in total. The average molecular weight is 1020 g/mol. The predicted octanol–water partition coefficient (Wildman–Crippen LogP) is 11.0. The third-order valence-electron chi connectivity index (χ3n) is 12.1. The number of rotatable bonds is 9. The van der Waals surface area contributed by atoms with Gasteiger partial charge in [-0.2, -0.15) is 58.5 Å². The fraction of sp³-hybridized carbons (Fsp3) is 0.0702. The van der Waals surface area contributed by atoms with Gasteiger partial charge in [-0.1, -0.05) is 142 Å². The van der Waals surface area contributed by atoms with E-state index in [0.29, 0.717) is 0 Å². The van der Waals surface area contributed by atoms with Crippen LogP contribution in [0.5, 0.6) is 0 Å². The molecule has 0 amide bonds. The predicted molar refractivity (Wildman–Crippen MR) is 265 cm³/mol. The summed E-state index contributed by atoms with van der Waals surface area (Å²) < 4.78 is 4.41. The van der Waals surface area contributed by atoms with Gasteiger partial charge in [0.05, 0.1) is 17.1 Å². The number of hydrogen-bond acceptors (Lipinski definition) is 4. The van der Waals surface area contributed by atoms with E-state index in [1.54, 1.807) is 0 Å². The Morgan fingerprint density at radius 2 is 1.20 bits per heavy atom. The number of para-hydroxylation sites is 3. The van der Waals surface area contributed by atoms with Crippen LogP contribution in [0.15, 0.2) is 207 Å². The zero-order valence-corrected chi connectivity index (χ0v) is 38.6. The van der Waals surface area contributed by atoms with Crippen molar-refractivity contribution in [1.82, 2.24) is 19.3 Å². The van der Waals surface area contributed by atoms with Gasteiger partial charge in [0.2, 0.25) is 0 Å². The Hall–Kier alpha value is -7.21. The van der Waals surface area contributed by atoms with Crippen molar-refractivity contribution in [1.29, 1.82) is 0 Å². The number of fused-ring (bicyclic) bond motifs is 3. The molecule has 0 unspecified atom stereocenters. The van der Waals surface area contributed by atoms with Crippen LogP contribution in [0.25, 0.3) is 55.8 Å². The Balaban J connectivity index is 0.00000498. The number of anilines is 2. The normalized spacial score (nSPS) is 12.5. The first-order valence-electron chi connectivity index (χ1n) is 21.8. The number of nitrogens with zero attached hydrogens (tertiary/aromatic N) is 6. The Morgan fingerprint density at radius 3 is 1.92 bits per heavy atom. The van der Waals surface area contributed by atoms with Crippen LogP contribution in [-0.2, 0) is 26.5 Å². The minimum atomic E-state index is -0.371. The molecule has 10 aromatic rings. The van der Waals surface area contributed by atoms with Crippen LogP contribution in [0.2, 0.25) is 0 Å². The maximum absolute atomic E-state index is 5.58. The monoisotopic (exact) mass is 1020 g/mol. The van der Waals surface area contributed by atoms with Crippen LogP contribution in [0.1, 0.15) is 26.3 Å². The average Bonchev–Trinajstić information content (AvgIpc) is 4.08. The first kappa shape index (κ1) is 41.8. The summed E-state index contributed by atoms with van der Waals surface area (Å²) in [6, 6.07) is 74.0. The van der Waals surface area contributed by atoms with Gasteiger partial charge in [-0.3, -0.25) is 0 Å². The third kappa shape index (κ3) is 7.81. The van der Waals surface area contributed by atoms with E-state index >= 15 is 0 Å². The van der Waals surface area contributed by atoms with Crippen molar-refractivity contribution in [3.8, 4) is 34.0 Å². The van der Waals surface area contributed by atoms with E-state index in [4.69, 9.17) is 10.1 Å². The van der Waals surface area contributed by atoms with Crippen LogP contribution in [-0.4, -0.2) is 26.0 Å². The van der Waals surface area contributed by atoms with Gasteiger partial charge in [0, 0.05) is 44.0 Å². The fourth-order valence-corrected chi connectivity index (χ4v) is 8.99. The zero-order valence-electron chi connectivity index (χ0n) is 36.3. The van der Waals surface area contributed by atoms with Gasteiger partial charge < -0.3 is 14.4 Å². The Bertz CT molecular complexity index is 3300. The molecule has 3 aromatic heterocycles. The number of benzene rings is 7. The van der Waals surface area contributed by atoms with Crippen molar-refractivity contribution in [2.45, 2.75) is 26.2 Å². The van der Waals surface area contributed by atoms with Crippen molar-refractivity contribution in [2.75, 3.05) is 9.80 Å². The summed E-state index contributed by atoms with van der Waals surface area (Å²) in [6.07, 6.45) is 6.11. The largest absolute Gasteiger partial charge is 0.500 e. The minimum absolute atomic E-state index is 0. The number of hydrogen-bond donors (Lipinski definition) is 0. The van der Waals surface area contributed by atoms with Crippen LogP contribution < -0.4 is 26.2 Å². The quantitative estimate of drug-likeness (QED) is 0.107. The van der Waals surface area contributed by atoms with Crippen molar-refractivity contribution >= 4 is 56.3 Å². The molecule has 65 heavy (non-hydrogen) atoms. The van der Waals surface area contributed by atoms with Gasteiger partial charge in [-0.05, 0) is 82.3 Å². The second-order valence-electron chi connectivity index (χ2n) is 17.3. The smallest absolute Gasteiger partial charge is 0.197 e. The summed E-state index contributed by atoms with van der Waals surface area (Å²) in [6.45, 7) is 8.47. The Kier molecular flexibility index (Phi) is 11.2. The summed E-state index contributed by atoms with van der Waals surface area (Å²) in [4.78, 5) is 9.28. The molecule has 8 heteroatoms. The summed E-state index contributed by atoms with van der Waals surface area (Å²) >= 11 is 0. The Labute approximate surface area is 395 Å². The van der Waals surface area contributed by atoms with Gasteiger partial charge in [-0.25, -0.2) is 9.67 Å².